The van der Waals surface area contributed by atoms with E-state index in [0.29, 0.717) is 12.1 Å². The van der Waals surface area contributed by atoms with Crippen LogP contribution in [-0.2, 0) is 0 Å². The maximum Gasteiger partial charge on any atom is 0.191 e. The van der Waals surface area contributed by atoms with E-state index in [-0.39, 0.29) is 0 Å². The van der Waals surface area contributed by atoms with Gasteiger partial charge in [-0.25, -0.2) is 0 Å². The molecule has 1 atom stereocenters. The molecule has 0 radical (unpaired) electrons. The first-order valence-corrected chi connectivity index (χ1v) is 8.62. The van der Waals surface area contributed by atoms with Crippen molar-refractivity contribution in [3.8, 4) is 0 Å². The van der Waals surface area contributed by atoms with Gasteiger partial charge in [-0.05, 0) is 52.1 Å². The second-order valence-electron chi connectivity index (χ2n) is 6.15. The van der Waals surface area contributed by atoms with Gasteiger partial charge in [0.1, 0.15) is 0 Å². The summed E-state index contributed by atoms with van der Waals surface area (Å²) in [5.74, 6) is 1.03. The Morgan fingerprint density at radius 3 is 2.45 bits per heavy atom. The van der Waals surface area contributed by atoms with Gasteiger partial charge in [-0.3, -0.25) is 9.89 Å². The lowest BCUT2D eigenvalue weighted by Gasteiger charge is -2.25. The molecule has 0 aromatic heterocycles. The molecule has 116 valence electrons. The molecule has 4 nitrogen and oxygen atoms in total. The lowest BCUT2D eigenvalue weighted by molar-refractivity contribution is 0.242. The van der Waals surface area contributed by atoms with E-state index in [1.165, 1.54) is 58.0 Å². The molecule has 0 amide bonds. The maximum absolute atomic E-state index is 4.85. The summed E-state index contributed by atoms with van der Waals surface area (Å²) in [6, 6.07) is 1.26. The van der Waals surface area contributed by atoms with Crippen molar-refractivity contribution in [2.45, 2.75) is 70.9 Å². The average Bonchev–Trinajstić information content (AvgIpc) is 3.12. The molecule has 1 saturated carbocycles. The number of likely N-dealkylation sites (tertiary alicyclic amines) is 1. The van der Waals surface area contributed by atoms with Crippen LogP contribution in [0.3, 0.4) is 0 Å². The van der Waals surface area contributed by atoms with Crippen LogP contribution in [0.5, 0.6) is 0 Å². The van der Waals surface area contributed by atoms with Gasteiger partial charge in [-0.15, -0.1) is 0 Å². The van der Waals surface area contributed by atoms with E-state index in [2.05, 4.69) is 29.4 Å². The summed E-state index contributed by atoms with van der Waals surface area (Å²) < 4.78 is 0. The van der Waals surface area contributed by atoms with E-state index in [1.54, 1.807) is 0 Å². The summed E-state index contributed by atoms with van der Waals surface area (Å²) in [5.41, 5.74) is 0. The molecule has 2 N–H and O–H groups in total. The van der Waals surface area contributed by atoms with E-state index in [4.69, 9.17) is 4.99 Å². The summed E-state index contributed by atoms with van der Waals surface area (Å²) in [6.07, 6.45) is 9.25. The molecule has 0 spiro atoms. The van der Waals surface area contributed by atoms with Crippen molar-refractivity contribution in [1.82, 2.24) is 15.5 Å². The quantitative estimate of drug-likeness (QED) is 0.579. The Morgan fingerprint density at radius 2 is 1.85 bits per heavy atom. The first-order chi connectivity index (χ1) is 9.83. The Kier molecular flexibility index (Phi) is 6.64. The molecule has 1 aliphatic heterocycles. The Bertz CT molecular complexity index is 291. The SMILES string of the molecule is CCNC(=NCC(CC)N1CCCC1)NC1CCCC1. The average molecular weight is 280 g/mol. The highest BCUT2D eigenvalue weighted by Gasteiger charge is 2.20. The van der Waals surface area contributed by atoms with Crippen molar-refractivity contribution >= 4 is 5.96 Å². The van der Waals surface area contributed by atoms with Gasteiger partial charge >= 0.3 is 0 Å². The fraction of sp³-hybridized carbons (Fsp3) is 0.938. The second kappa shape index (κ2) is 8.50. The Hall–Kier alpha value is -0.770. The third kappa shape index (κ3) is 4.65. The minimum absolute atomic E-state index is 0.622. The number of rotatable bonds is 6. The van der Waals surface area contributed by atoms with Crippen LogP contribution in [0.2, 0.25) is 0 Å². The molecule has 1 heterocycles. The Balaban J connectivity index is 1.85. The third-order valence-corrected chi connectivity index (χ3v) is 4.63. The zero-order chi connectivity index (χ0) is 14.2. The molecule has 2 aliphatic rings. The zero-order valence-corrected chi connectivity index (χ0v) is 13.3. The van der Waals surface area contributed by atoms with Crippen LogP contribution in [0, 0.1) is 0 Å². The predicted molar refractivity (Wildman–Crippen MR) is 86.3 cm³/mol. The van der Waals surface area contributed by atoms with Crippen molar-refractivity contribution in [1.29, 1.82) is 0 Å². The van der Waals surface area contributed by atoms with E-state index in [9.17, 15) is 0 Å². The number of nitrogens with zero attached hydrogens (tertiary/aromatic N) is 2. The number of guanidine groups is 1. The Morgan fingerprint density at radius 1 is 1.15 bits per heavy atom. The Labute approximate surface area is 124 Å². The minimum atomic E-state index is 0.622. The third-order valence-electron chi connectivity index (χ3n) is 4.63. The summed E-state index contributed by atoms with van der Waals surface area (Å²) in [4.78, 5) is 7.46. The van der Waals surface area contributed by atoms with Crippen LogP contribution in [0.15, 0.2) is 4.99 Å². The highest BCUT2D eigenvalue weighted by molar-refractivity contribution is 5.80. The molecule has 2 rings (SSSR count). The van der Waals surface area contributed by atoms with Gasteiger partial charge in [0, 0.05) is 18.6 Å². The van der Waals surface area contributed by atoms with Gasteiger partial charge in [-0.1, -0.05) is 19.8 Å². The molecule has 4 heteroatoms. The fourth-order valence-electron chi connectivity index (χ4n) is 3.39. The van der Waals surface area contributed by atoms with Crippen molar-refractivity contribution in [3.05, 3.63) is 0 Å². The summed E-state index contributed by atoms with van der Waals surface area (Å²) >= 11 is 0. The van der Waals surface area contributed by atoms with Gasteiger partial charge in [0.25, 0.3) is 0 Å². The number of nitrogens with one attached hydrogen (secondary N) is 2. The first kappa shape index (κ1) is 15.6. The molecular formula is C16H32N4. The summed E-state index contributed by atoms with van der Waals surface area (Å²) in [7, 11) is 0. The van der Waals surface area contributed by atoms with E-state index < -0.39 is 0 Å². The molecule has 0 aromatic carbocycles. The summed E-state index contributed by atoms with van der Waals surface area (Å²) in [5, 5.41) is 7.01. The van der Waals surface area contributed by atoms with Crippen molar-refractivity contribution in [2.75, 3.05) is 26.2 Å². The van der Waals surface area contributed by atoms with Crippen LogP contribution < -0.4 is 10.6 Å². The molecule has 2 fully saturated rings. The zero-order valence-electron chi connectivity index (χ0n) is 13.3. The van der Waals surface area contributed by atoms with Crippen molar-refractivity contribution in [3.63, 3.8) is 0 Å². The van der Waals surface area contributed by atoms with E-state index in [0.717, 1.165) is 19.0 Å². The topological polar surface area (TPSA) is 39.7 Å². The van der Waals surface area contributed by atoms with Crippen molar-refractivity contribution < 1.29 is 0 Å². The monoisotopic (exact) mass is 280 g/mol. The lowest BCUT2D eigenvalue weighted by atomic mass is 10.2. The highest BCUT2D eigenvalue weighted by Crippen LogP contribution is 2.17. The van der Waals surface area contributed by atoms with Crippen LogP contribution in [-0.4, -0.2) is 49.1 Å². The minimum Gasteiger partial charge on any atom is -0.357 e. The molecular weight excluding hydrogens is 248 g/mol. The van der Waals surface area contributed by atoms with Gasteiger partial charge < -0.3 is 10.6 Å². The normalized spacial score (nSPS) is 23.2. The molecule has 1 aliphatic carbocycles. The maximum atomic E-state index is 4.85. The highest BCUT2D eigenvalue weighted by atomic mass is 15.2. The number of hydrogen-bond acceptors (Lipinski definition) is 2. The first-order valence-electron chi connectivity index (χ1n) is 8.62. The smallest absolute Gasteiger partial charge is 0.191 e. The largest absolute Gasteiger partial charge is 0.357 e. The standard InChI is InChI=1S/C16H32N4/c1-3-15(20-11-7-8-12-20)13-18-16(17-4-2)19-14-9-5-6-10-14/h14-15H,3-13H2,1-2H3,(H2,17,18,19). The van der Waals surface area contributed by atoms with Crippen molar-refractivity contribution in [2.24, 2.45) is 4.99 Å². The van der Waals surface area contributed by atoms with Crippen LogP contribution in [0.4, 0.5) is 0 Å². The molecule has 1 saturated heterocycles. The van der Waals surface area contributed by atoms with E-state index in [1.807, 2.05) is 0 Å². The van der Waals surface area contributed by atoms with Crippen LogP contribution >= 0.6 is 0 Å². The predicted octanol–water partition coefficient (Wildman–Crippen LogP) is 2.36. The lowest BCUT2D eigenvalue weighted by Crippen LogP contribution is -2.43. The molecule has 20 heavy (non-hydrogen) atoms. The summed E-state index contributed by atoms with van der Waals surface area (Å²) in [6.45, 7) is 8.83. The van der Waals surface area contributed by atoms with Gasteiger partial charge in [0.05, 0.1) is 6.54 Å². The molecule has 0 aromatic rings. The number of aliphatic imine (C=N–C) groups is 1. The van der Waals surface area contributed by atoms with Crippen LogP contribution in [0.25, 0.3) is 0 Å². The molecule has 0 bridgehead atoms. The van der Waals surface area contributed by atoms with Gasteiger partial charge in [0.2, 0.25) is 0 Å². The van der Waals surface area contributed by atoms with Gasteiger partial charge in [-0.2, -0.15) is 0 Å². The number of hydrogen-bond donors (Lipinski definition) is 2. The second-order valence-corrected chi connectivity index (χ2v) is 6.15. The van der Waals surface area contributed by atoms with Gasteiger partial charge in [0.15, 0.2) is 5.96 Å². The fourth-order valence-corrected chi connectivity index (χ4v) is 3.39. The van der Waals surface area contributed by atoms with E-state index >= 15 is 0 Å². The van der Waals surface area contributed by atoms with Crippen LogP contribution in [0.1, 0.15) is 58.8 Å². The molecule has 1 unspecified atom stereocenters.